The highest BCUT2D eigenvalue weighted by molar-refractivity contribution is 5.77. The third-order valence-corrected chi connectivity index (χ3v) is 4.69. The smallest absolute Gasteiger partial charge is 0.220 e. The van der Waals surface area contributed by atoms with Crippen LogP contribution in [0.5, 0.6) is 5.75 Å². The molecule has 2 aromatic carbocycles. The molecule has 0 saturated carbocycles. The summed E-state index contributed by atoms with van der Waals surface area (Å²) in [5.41, 5.74) is 3.28. The van der Waals surface area contributed by atoms with Gasteiger partial charge in [0.2, 0.25) is 5.91 Å². The molecule has 142 valence electrons. The van der Waals surface area contributed by atoms with E-state index in [1.165, 1.54) is 5.56 Å². The second-order valence-corrected chi connectivity index (χ2v) is 6.60. The Morgan fingerprint density at radius 2 is 1.89 bits per heavy atom. The third kappa shape index (κ3) is 4.48. The van der Waals surface area contributed by atoms with Crippen LogP contribution in [0.15, 0.2) is 48.5 Å². The number of rotatable bonds is 8. The minimum atomic E-state index is -0.159. The number of nitrogens with one attached hydrogen (secondary N) is 1. The second kappa shape index (κ2) is 8.71. The number of hydrogen-bond acceptors (Lipinski definition) is 3. The number of carbonyl (C=O) groups excluding carboxylic acids is 1. The summed E-state index contributed by atoms with van der Waals surface area (Å²) >= 11 is 0. The van der Waals surface area contributed by atoms with E-state index >= 15 is 0 Å². The summed E-state index contributed by atoms with van der Waals surface area (Å²) < 4.78 is 8.06. The number of benzene rings is 2. The predicted octanol–water partition coefficient (Wildman–Crippen LogP) is 4.26. The highest BCUT2D eigenvalue weighted by Gasteiger charge is 2.17. The molecule has 0 aliphatic carbocycles. The normalized spacial score (nSPS) is 12.1. The van der Waals surface area contributed by atoms with Gasteiger partial charge in [0.15, 0.2) is 0 Å². The molecule has 0 bridgehead atoms. The van der Waals surface area contributed by atoms with Crippen LogP contribution < -0.4 is 10.1 Å². The fourth-order valence-corrected chi connectivity index (χ4v) is 3.14. The third-order valence-electron chi connectivity index (χ3n) is 4.69. The number of nitrogens with zero attached hydrogens (tertiary/aromatic N) is 2. The monoisotopic (exact) mass is 365 g/mol. The van der Waals surface area contributed by atoms with Crippen LogP contribution in [0.4, 0.5) is 0 Å². The number of aryl methyl sites for hydroxylation is 1. The minimum absolute atomic E-state index is 0.0216. The van der Waals surface area contributed by atoms with Gasteiger partial charge in [-0.15, -0.1) is 0 Å². The molecule has 0 aliphatic rings. The van der Waals surface area contributed by atoms with Crippen molar-refractivity contribution in [3.63, 3.8) is 0 Å². The van der Waals surface area contributed by atoms with Crippen LogP contribution in [0.3, 0.4) is 0 Å². The van der Waals surface area contributed by atoms with Crippen molar-refractivity contribution in [1.82, 2.24) is 14.9 Å². The van der Waals surface area contributed by atoms with E-state index in [9.17, 15) is 4.79 Å². The summed E-state index contributed by atoms with van der Waals surface area (Å²) in [4.78, 5) is 16.5. The number of ether oxygens (including phenoxy) is 1. The summed E-state index contributed by atoms with van der Waals surface area (Å²) in [6, 6.07) is 16.1. The van der Waals surface area contributed by atoms with E-state index in [1.54, 1.807) is 0 Å². The molecule has 3 rings (SSSR count). The maximum atomic E-state index is 11.8. The van der Waals surface area contributed by atoms with E-state index in [-0.39, 0.29) is 11.9 Å². The Balaban J connectivity index is 1.77. The number of fused-ring (bicyclic) bond motifs is 1. The molecular formula is C22H27N3O2. The summed E-state index contributed by atoms with van der Waals surface area (Å²) in [5, 5.41) is 3.00. The Labute approximate surface area is 160 Å². The second-order valence-electron chi connectivity index (χ2n) is 6.60. The van der Waals surface area contributed by atoms with Gasteiger partial charge in [-0.05, 0) is 43.2 Å². The van der Waals surface area contributed by atoms with Gasteiger partial charge in [-0.2, -0.15) is 0 Å². The van der Waals surface area contributed by atoms with Crippen molar-refractivity contribution in [3.05, 3.63) is 59.9 Å². The first-order valence-electron chi connectivity index (χ1n) is 9.58. The van der Waals surface area contributed by atoms with Gasteiger partial charge in [-0.3, -0.25) is 4.79 Å². The van der Waals surface area contributed by atoms with Crippen molar-refractivity contribution < 1.29 is 9.53 Å². The molecule has 1 unspecified atom stereocenters. The zero-order chi connectivity index (χ0) is 19.2. The Bertz CT molecular complexity index is 900. The maximum Gasteiger partial charge on any atom is 0.220 e. The number of carbonyl (C=O) groups is 1. The zero-order valence-corrected chi connectivity index (χ0v) is 16.2. The molecule has 0 saturated heterocycles. The van der Waals surface area contributed by atoms with Crippen molar-refractivity contribution in [2.45, 2.75) is 46.2 Å². The van der Waals surface area contributed by atoms with Crippen molar-refractivity contribution >= 4 is 16.9 Å². The first kappa shape index (κ1) is 19.0. The maximum absolute atomic E-state index is 11.8. The first-order chi connectivity index (χ1) is 13.1. The number of imidazole rings is 1. The Kier molecular flexibility index (Phi) is 6.12. The molecule has 0 spiro atoms. The quantitative estimate of drug-likeness (QED) is 0.649. The first-order valence-corrected chi connectivity index (χ1v) is 9.58. The number of amides is 1. The molecular weight excluding hydrogens is 338 g/mol. The molecule has 1 N–H and O–H groups in total. The van der Waals surface area contributed by atoms with E-state index in [0.717, 1.165) is 29.0 Å². The summed E-state index contributed by atoms with van der Waals surface area (Å²) in [6.07, 6.45) is 1.48. The van der Waals surface area contributed by atoms with E-state index in [1.807, 2.05) is 44.2 Å². The van der Waals surface area contributed by atoms with Gasteiger partial charge >= 0.3 is 0 Å². The largest absolute Gasteiger partial charge is 0.492 e. The van der Waals surface area contributed by atoms with Crippen LogP contribution in [0.2, 0.25) is 0 Å². The van der Waals surface area contributed by atoms with Crippen LogP contribution in [-0.2, 0) is 17.8 Å². The van der Waals surface area contributed by atoms with Crippen molar-refractivity contribution in [1.29, 1.82) is 0 Å². The molecule has 5 heteroatoms. The molecule has 0 radical (unpaired) electrons. The topological polar surface area (TPSA) is 56.2 Å². The lowest BCUT2D eigenvalue weighted by Gasteiger charge is -2.16. The van der Waals surface area contributed by atoms with Crippen LogP contribution in [0.1, 0.15) is 44.6 Å². The Hall–Kier alpha value is -2.82. The average molecular weight is 365 g/mol. The van der Waals surface area contributed by atoms with E-state index < -0.39 is 0 Å². The molecule has 1 heterocycles. The van der Waals surface area contributed by atoms with Crippen molar-refractivity contribution in [3.8, 4) is 5.75 Å². The van der Waals surface area contributed by atoms with E-state index in [2.05, 4.69) is 35.0 Å². The molecule has 1 aromatic heterocycles. The van der Waals surface area contributed by atoms with Crippen molar-refractivity contribution in [2.24, 2.45) is 0 Å². The van der Waals surface area contributed by atoms with Crippen molar-refractivity contribution in [2.75, 3.05) is 6.61 Å². The van der Waals surface area contributed by atoms with E-state index in [4.69, 9.17) is 9.72 Å². The van der Waals surface area contributed by atoms with Crippen LogP contribution in [0, 0.1) is 0 Å². The zero-order valence-electron chi connectivity index (χ0n) is 16.2. The highest BCUT2D eigenvalue weighted by Crippen LogP contribution is 2.21. The predicted molar refractivity (Wildman–Crippen MR) is 108 cm³/mol. The summed E-state index contributed by atoms with van der Waals surface area (Å²) in [6.45, 7) is 7.16. The molecule has 1 atom stereocenters. The average Bonchev–Trinajstić information content (AvgIpc) is 3.07. The lowest BCUT2D eigenvalue weighted by molar-refractivity contribution is -0.121. The molecule has 0 fully saturated rings. The van der Waals surface area contributed by atoms with Gasteiger partial charge in [0, 0.05) is 6.42 Å². The molecule has 1 amide bonds. The van der Waals surface area contributed by atoms with Gasteiger partial charge in [0.25, 0.3) is 0 Å². The summed E-state index contributed by atoms with van der Waals surface area (Å²) in [5.74, 6) is 1.74. The lowest BCUT2D eigenvalue weighted by Crippen LogP contribution is -2.28. The van der Waals surface area contributed by atoms with Gasteiger partial charge in [-0.1, -0.05) is 38.1 Å². The highest BCUT2D eigenvalue weighted by atomic mass is 16.5. The fraction of sp³-hybridized carbons (Fsp3) is 0.364. The van der Waals surface area contributed by atoms with Gasteiger partial charge in [0.1, 0.15) is 18.2 Å². The van der Waals surface area contributed by atoms with E-state index in [0.29, 0.717) is 19.6 Å². The number of hydrogen-bond donors (Lipinski definition) is 1. The molecule has 3 aromatic rings. The molecule has 5 nitrogen and oxygen atoms in total. The molecule has 27 heavy (non-hydrogen) atoms. The Morgan fingerprint density at radius 3 is 2.59 bits per heavy atom. The lowest BCUT2D eigenvalue weighted by atomic mass is 10.2. The van der Waals surface area contributed by atoms with Crippen LogP contribution >= 0.6 is 0 Å². The summed E-state index contributed by atoms with van der Waals surface area (Å²) in [7, 11) is 0. The molecule has 0 aliphatic heterocycles. The number of aromatic nitrogens is 2. The SMILES string of the molecule is CCC(=O)NC(C)c1nc2ccccc2n1CCOc1ccc(CC)cc1. The van der Waals surface area contributed by atoms with Crippen LogP contribution in [0.25, 0.3) is 11.0 Å². The minimum Gasteiger partial charge on any atom is -0.492 e. The van der Waals surface area contributed by atoms with Crippen LogP contribution in [-0.4, -0.2) is 22.1 Å². The standard InChI is InChI=1S/C22H27N3O2/c1-4-17-10-12-18(13-11-17)27-15-14-25-20-9-7-6-8-19(20)24-22(25)16(3)23-21(26)5-2/h6-13,16H,4-5,14-15H2,1-3H3,(H,23,26). The van der Waals surface area contributed by atoms with Gasteiger partial charge in [0.05, 0.1) is 23.6 Å². The fourth-order valence-electron chi connectivity index (χ4n) is 3.14. The van der Waals surface area contributed by atoms with Gasteiger partial charge in [-0.25, -0.2) is 4.98 Å². The Morgan fingerprint density at radius 1 is 1.15 bits per heavy atom. The van der Waals surface area contributed by atoms with Gasteiger partial charge < -0.3 is 14.6 Å². The number of para-hydroxylation sites is 2.